The summed E-state index contributed by atoms with van der Waals surface area (Å²) in [5, 5.41) is 6.94. The summed E-state index contributed by atoms with van der Waals surface area (Å²) in [5.74, 6) is -1.91. The first-order valence-electron chi connectivity index (χ1n) is 11.7. The number of carbonyl (C=O) groups is 3. The molecule has 3 saturated heterocycles. The molecule has 1 atom stereocenters. The van der Waals surface area contributed by atoms with Gasteiger partial charge in [0.1, 0.15) is 11.8 Å². The van der Waals surface area contributed by atoms with E-state index in [1.807, 2.05) is 0 Å². The normalized spacial score (nSPS) is 21.5. The Kier molecular flexibility index (Phi) is 7.86. The predicted octanol–water partition coefficient (Wildman–Crippen LogP) is 0.941. The van der Waals surface area contributed by atoms with Gasteiger partial charge in [0.15, 0.2) is 11.6 Å². The molecule has 0 bridgehead atoms. The number of nitrogens with one attached hydrogen (secondary N) is 3. The van der Waals surface area contributed by atoms with Crippen molar-refractivity contribution in [3.05, 3.63) is 23.8 Å². The highest BCUT2D eigenvalue weighted by atomic mass is 19.1. The van der Waals surface area contributed by atoms with E-state index in [0.717, 1.165) is 29.9 Å². The van der Waals surface area contributed by atoms with Crippen LogP contribution in [0.4, 0.5) is 29.7 Å². The van der Waals surface area contributed by atoms with Crippen molar-refractivity contribution >= 4 is 29.4 Å². The first kappa shape index (κ1) is 24.9. The molecule has 0 aromatic heterocycles. The van der Waals surface area contributed by atoms with Crippen LogP contribution in [-0.4, -0.2) is 87.7 Å². The maximum atomic E-state index is 15.1. The average molecular weight is 497 g/mol. The van der Waals surface area contributed by atoms with Crippen molar-refractivity contribution in [3.8, 4) is 0 Å². The predicted molar refractivity (Wildman–Crippen MR) is 122 cm³/mol. The zero-order valence-corrected chi connectivity index (χ0v) is 19.5. The van der Waals surface area contributed by atoms with Crippen LogP contribution >= 0.6 is 0 Å². The molecule has 3 N–H and O–H groups in total. The summed E-state index contributed by atoms with van der Waals surface area (Å²) in [7, 11) is 0. The average Bonchev–Trinajstić information content (AvgIpc) is 3.02. The van der Waals surface area contributed by atoms with Gasteiger partial charge in [-0.3, -0.25) is 14.7 Å². The minimum absolute atomic E-state index is 0.0319. The van der Waals surface area contributed by atoms with Crippen LogP contribution in [0.1, 0.15) is 19.8 Å². The molecule has 3 fully saturated rings. The molecule has 0 radical (unpaired) electrons. The molecule has 4 amide bonds. The van der Waals surface area contributed by atoms with E-state index in [1.165, 1.54) is 16.8 Å². The lowest BCUT2D eigenvalue weighted by Crippen LogP contribution is -2.52. The van der Waals surface area contributed by atoms with Crippen LogP contribution in [0.2, 0.25) is 0 Å². The zero-order valence-electron chi connectivity index (χ0n) is 19.5. The highest BCUT2D eigenvalue weighted by molar-refractivity contribution is 5.90. The number of rotatable bonds is 5. The van der Waals surface area contributed by atoms with Crippen LogP contribution in [0, 0.1) is 11.6 Å². The minimum Gasteiger partial charge on any atom is -0.442 e. The molecule has 3 aliphatic heterocycles. The number of carbonyl (C=O) groups excluding carboxylic acids is 3. The standard InChI is InChI=1S/C22H30F2N6O5/c1-14(31)25-12-17-13-29(22(33)35-17)16-10-18(23)20(19(24)11-16)28-5-4-26-30(7-6-28)21(32)27-15-2-8-34-9-3-15/h10-11,15,17,26H,2-9,12-13H2,1H3,(H,25,31)(H,27,32)/t17-/m0/s1. The molecular formula is C22H30F2N6O5. The van der Waals surface area contributed by atoms with Crippen LogP contribution < -0.4 is 25.9 Å². The van der Waals surface area contributed by atoms with E-state index in [9.17, 15) is 14.4 Å². The van der Waals surface area contributed by atoms with E-state index in [-0.39, 0.29) is 62.1 Å². The zero-order chi connectivity index (χ0) is 24.9. The molecular weight excluding hydrogens is 466 g/mol. The number of anilines is 2. The quantitative estimate of drug-likeness (QED) is 0.556. The number of urea groups is 1. The number of hydrogen-bond donors (Lipinski definition) is 3. The number of hydrazine groups is 1. The van der Waals surface area contributed by atoms with E-state index in [0.29, 0.717) is 19.8 Å². The summed E-state index contributed by atoms with van der Waals surface area (Å²) < 4.78 is 40.6. The molecule has 0 spiro atoms. The molecule has 1 aromatic rings. The lowest BCUT2D eigenvalue weighted by atomic mass is 10.1. The van der Waals surface area contributed by atoms with Gasteiger partial charge in [-0.05, 0) is 12.8 Å². The number of benzene rings is 1. The van der Waals surface area contributed by atoms with Crippen molar-refractivity contribution in [2.24, 2.45) is 0 Å². The second-order valence-electron chi connectivity index (χ2n) is 8.69. The minimum atomic E-state index is -0.821. The Hall–Kier alpha value is -3.19. The van der Waals surface area contributed by atoms with Crippen LogP contribution in [0.15, 0.2) is 12.1 Å². The van der Waals surface area contributed by atoms with E-state index < -0.39 is 23.8 Å². The SMILES string of the molecule is CC(=O)NC[C@H]1CN(c2cc(F)c(N3CCNN(C(=O)NC4CCOCC4)CC3)c(F)c2)C(=O)O1. The van der Waals surface area contributed by atoms with Crippen LogP contribution in [0.3, 0.4) is 0 Å². The summed E-state index contributed by atoms with van der Waals surface area (Å²) >= 11 is 0. The van der Waals surface area contributed by atoms with E-state index in [2.05, 4.69) is 16.1 Å². The third kappa shape index (κ3) is 6.09. The number of amides is 4. The highest BCUT2D eigenvalue weighted by Gasteiger charge is 2.34. The van der Waals surface area contributed by atoms with Gasteiger partial charge in [-0.2, -0.15) is 0 Å². The molecule has 11 nitrogen and oxygen atoms in total. The number of halogens is 2. The number of cyclic esters (lactones) is 1. The Morgan fingerprint density at radius 3 is 2.54 bits per heavy atom. The molecule has 0 aliphatic carbocycles. The van der Waals surface area contributed by atoms with Crippen LogP contribution in [-0.2, 0) is 14.3 Å². The fourth-order valence-corrected chi connectivity index (χ4v) is 4.33. The van der Waals surface area contributed by atoms with Gasteiger partial charge >= 0.3 is 12.1 Å². The molecule has 0 unspecified atom stereocenters. The summed E-state index contributed by atoms with van der Waals surface area (Å²) in [5.41, 5.74) is 2.81. The van der Waals surface area contributed by atoms with Crippen LogP contribution in [0.25, 0.3) is 0 Å². The molecule has 4 rings (SSSR count). The third-order valence-corrected chi connectivity index (χ3v) is 6.15. The Bertz CT molecular complexity index is 937. The maximum absolute atomic E-state index is 15.1. The molecule has 1 aromatic carbocycles. The van der Waals surface area contributed by atoms with Crippen molar-refractivity contribution in [2.45, 2.75) is 31.9 Å². The topological polar surface area (TPSA) is 115 Å². The van der Waals surface area contributed by atoms with Crippen molar-refractivity contribution in [1.82, 2.24) is 21.1 Å². The van der Waals surface area contributed by atoms with Gasteiger partial charge in [0.25, 0.3) is 0 Å². The molecule has 192 valence electrons. The van der Waals surface area contributed by atoms with Crippen molar-refractivity contribution in [3.63, 3.8) is 0 Å². The summed E-state index contributed by atoms with van der Waals surface area (Å²) in [6, 6.07) is 1.94. The molecule has 35 heavy (non-hydrogen) atoms. The fourth-order valence-electron chi connectivity index (χ4n) is 4.33. The van der Waals surface area contributed by atoms with Gasteiger partial charge in [-0.15, -0.1) is 0 Å². The Morgan fingerprint density at radius 2 is 1.86 bits per heavy atom. The van der Waals surface area contributed by atoms with Gasteiger partial charge in [0.2, 0.25) is 5.91 Å². The van der Waals surface area contributed by atoms with Crippen molar-refractivity contribution < 1.29 is 32.6 Å². The van der Waals surface area contributed by atoms with Crippen molar-refractivity contribution in [1.29, 1.82) is 0 Å². The highest BCUT2D eigenvalue weighted by Crippen LogP contribution is 2.31. The monoisotopic (exact) mass is 496 g/mol. The van der Waals surface area contributed by atoms with Gasteiger partial charge in [-0.25, -0.2) is 23.8 Å². The van der Waals surface area contributed by atoms with Crippen LogP contribution in [0.5, 0.6) is 0 Å². The Labute approximate surface area is 201 Å². The van der Waals surface area contributed by atoms with Gasteiger partial charge < -0.3 is 25.0 Å². The number of nitrogens with zero attached hydrogens (tertiary/aromatic N) is 3. The van der Waals surface area contributed by atoms with E-state index in [4.69, 9.17) is 9.47 Å². The van der Waals surface area contributed by atoms with E-state index in [1.54, 1.807) is 0 Å². The number of hydrogen-bond acceptors (Lipinski definition) is 7. The fraction of sp³-hybridized carbons (Fsp3) is 0.591. The Balaban J connectivity index is 1.39. The second-order valence-corrected chi connectivity index (χ2v) is 8.69. The molecule has 3 aliphatic rings. The molecule has 13 heteroatoms. The first-order valence-corrected chi connectivity index (χ1v) is 11.7. The second kappa shape index (κ2) is 11.0. The molecule has 3 heterocycles. The summed E-state index contributed by atoms with van der Waals surface area (Å²) in [6.07, 6.45) is 0.129. The third-order valence-electron chi connectivity index (χ3n) is 6.15. The lowest BCUT2D eigenvalue weighted by Gasteiger charge is -2.28. The summed E-state index contributed by atoms with van der Waals surface area (Å²) in [4.78, 5) is 38.6. The smallest absolute Gasteiger partial charge is 0.414 e. The molecule has 0 saturated carbocycles. The van der Waals surface area contributed by atoms with Gasteiger partial charge in [-0.1, -0.05) is 0 Å². The lowest BCUT2D eigenvalue weighted by molar-refractivity contribution is -0.119. The van der Waals surface area contributed by atoms with E-state index >= 15 is 8.78 Å². The Morgan fingerprint density at radius 1 is 1.14 bits per heavy atom. The number of ether oxygens (including phenoxy) is 2. The van der Waals surface area contributed by atoms with Crippen molar-refractivity contribution in [2.75, 3.05) is 62.3 Å². The van der Waals surface area contributed by atoms with Gasteiger partial charge in [0.05, 0.1) is 25.3 Å². The maximum Gasteiger partial charge on any atom is 0.414 e. The first-order chi connectivity index (χ1) is 16.8. The van der Waals surface area contributed by atoms with Gasteiger partial charge in [0, 0.05) is 57.9 Å². The summed E-state index contributed by atoms with van der Waals surface area (Å²) in [6.45, 7) is 3.74. The largest absolute Gasteiger partial charge is 0.442 e.